The second-order valence-electron chi connectivity index (χ2n) is 3.55. The maximum Gasteiger partial charge on any atom is 0.306 e. The zero-order valence-electron chi connectivity index (χ0n) is 8.62. The van der Waals surface area contributed by atoms with Crippen molar-refractivity contribution >= 4 is 17.6 Å². The minimum absolute atomic E-state index is 0.198. The van der Waals surface area contributed by atoms with Gasteiger partial charge in [-0.05, 0) is 43.1 Å². The maximum atomic E-state index is 13.0. The van der Waals surface area contributed by atoms with Gasteiger partial charge in [-0.1, -0.05) is 11.6 Å². The number of carbonyl (C=O) groups is 1. The second kappa shape index (κ2) is 5.82. The van der Waals surface area contributed by atoms with Gasteiger partial charge in [0, 0.05) is 5.02 Å². The van der Waals surface area contributed by atoms with Gasteiger partial charge < -0.3 is 10.8 Å². The van der Waals surface area contributed by atoms with Crippen molar-refractivity contribution in [1.82, 2.24) is 0 Å². The van der Waals surface area contributed by atoms with Crippen molar-refractivity contribution in [3.05, 3.63) is 34.6 Å². The van der Waals surface area contributed by atoms with Crippen molar-refractivity contribution < 1.29 is 14.3 Å². The molecule has 3 N–H and O–H groups in total. The molecular weight excluding hydrogens is 233 g/mol. The van der Waals surface area contributed by atoms with Gasteiger partial charge in [-0.3, -0.25) is 4.79 Å². The summed E-state index contributed by atoms with van der Waals surface area (Å²) in [4.78, 5) is 10.9. The van der Waals surface area contributed by atoms with E-state index in [1.54, 1.807) is 0 Å². The molecule has 5 heteroatoms. The first-order chi connectivity index (χ1) is 7.54. The molecule has 88 valence electrons. The molecule has 1 atom stereocenters. The molecule has 1 rings (SSSR count). The number of nitrogens with two attached hydrogens (primary N) is 1. The number of aliphatic carboxylic acids is 1. The van der Waals surface area contributed by atoms with Gasteiger partial charge in [-0.25, -0.2) is 4.39 Å². The Bertz CT molecular complexity index is 384. The van der Waals surface area contributed by atoms with Crippen LogP contribution in [0.2, 0.25) is 5.02 Å². The molecule has 16 heavy (non-hydrogen) atoms. The van der Waals surface area contributed by atoms with Crippen molar-refractivity contribution in [2.45, 2.75) is 12.8 Å². The molecule has 0 aromatic heterocycles. The summed E-state index contributed by atoms with van der Waals surface area (Å²) < 4.78 is 13.0. The van der Waals surface area contributed by atoms with E-state index < -0.39 is 17.7 Å². The number of hydrogen-bond acceptors (Lipinski definition) is 2. The van der Waals surface area contributed by atoms with Crippen molar-refractivity contribution in [3.63, 3.8) is 0 Å². The number of halogens is 2. The van der Waals surface area contributed by atoms with Gasteiger partial charge in [0.1, 0.15) is 5.82 Å². The molecule has 0 heterocycles. The van der Waals surface area contributed by atoms with Crippen LogP contribution in [-0.4, -0.2) is 17.6 Å². The number of rotatable bonds is 5. The normalized spacial score (nSPS) is 12.4. The number of carboxylic acids is 1. The molecule has 0 aliphatic rings. The zero-order valence-corrected chi connectivity index (χ0v) is 9.38. The third-order valence-corrected chi connectivity index (χ3v) is 2.71. The molecule has 0 saturated heterocycles. The molecule has 0 amide bonds. The Hall–Kier alpha value is -1.13. The molecule has 0 radical (unpaired) electrons. The lowest BCUT2D eigenvalue weighted by Gasteiger charge is -2.12. The molecule has 0 bridgehead atoms. The van der Waals surface area contributed by atoms with Crippen LogP contribution in [0, 0.1) is 11.7 Å². The second-order valence-corrected chi connectivity index (χ2v) is 3.96. The lowest BCUT2D eigenvalue weighted by atomic mass is 9.96. The Labute approximate surface area is 98.0 Å². The average Bonchev–Trinajstić information content (AvgIpc) is 2.22. The molecule has 0 aliphatic carbocycles. The van der Waals surface area contributed by atoms with Gasteiger partial charge in [0.05, 0.1) is 5.92 Å². The van der Waals surface area contributed by atoms with Crippen molar-refractivity contribution in [1.29, 1.82) is 0 Å². The highest BCUT2D eigenvalue weighted by Gasteiger charge is 2.18. The van der Waals surface area contributed by atoms with Crippen LogP contribution in [0.4, 0.5) is 4.39 Å². The molecule has 0 aliphatic heterocycles. The van der Waals surface area contributed by atoms with E-state index in [0.29, 0.717) is 17.0 Å². The predicted octanol–water partition coefficient (Wildman–Crippen LogP) is 2.07. The van der Waals surface area contributed by atoms with Gasteiger partial charge in [-0.15, -0.1) is 0 Å². The summed E-state index contributed by atoms with van der Waals surface area (Å²) >= 11 is 5.85. The zero-order chi connectivity index (χ0) is 12.1. The molecule has 0 fully saturated rings. The minimum Gasteiger partial charge on any atom is -0.481 e. The topological polar surface area (TPSA) is 63.3 Å². The highest BCUT2D eigenvalue weighted by Crippen LogP contribution is 2.21. The lowest BCUT2D eigenvalue weighted by molar-refractivity contribution is -0.141. The molecule has 3 nitrogen and oxygen atoms in total. The van der Waals surface area contributed by atoms with E-state index in [0.717, 1.165) is 0 Å². The van der Waals surface area contributed by atoms with E-state index >= 15 is 0 Å². The molecule has 1 aromatic rings. The first-order valence-corrected chi connectivity index (χ1v) is 5.29. The standard InChI is InChI=1S/C11H13ClFNO2/c12-10-2-1-9(13)6-8(10)5-7(3-4-14)11(15)16/h1-2,6-7H,3-5,14H2,(H,15,16). The van der Waals surface area contributed by atoms with Crippen LogP contribution >= 0.6 is 11.6 Å². The maximum absolute atomic E-state index is 13.0. The van der Waals surface area contributed by atoms with E-state index in [2.05, 4.69) is 0 Å². The monoisotopic (exact) mass is 245 g/mol. The third kappa shape index (κ3) is 3.47. The van der Waals surface area contributed by atoms with Crippen LogP contribution in [0.5, 0.6) is 0 Å². The number of benzene rings is 1. The average molecular weight is 246 g/mol. The first-order valence-electron chi connectivity index (χ1n) is 4.91. The fourth-order valence-electron chi connectivity index (χ4n) is 1.48. The Morgan fingerprint density at radius 2 is 2.25 bits per heavy atom. The molecular formula is C11H13ClFNO2. The minimum atomic E-state index is -0.939. The fourth-order valence-corrected chi connectivity index (χ4v) is 1.67. The Kier molecular flexibility index (Phi) is 4.71. The largest absolute Gasteiger partial charge is 0.481 e. The lowest BCUT2D eigenvalue weighted by Crippen LogP contribution is -2.20. The van der Waals surface area contributed by atoms with Crippen LogP contribution in [-0.2, 0) is 11.2 Å². The summed E-state index contributed by atoms with van der Waals surface area (Å²) in [6, 6.07) is 3.92. The van der Waals surface area contributed by atoms with Gasteiger partial charge >= 0.3 is 5.97 Å². The van der Waals surface area contributed by atoms with Gasteiger partial charge in [0.2, 0.25) is 0 Å². The fraction of sp³-hybridized carbons (Fsp3) is 0.364. The summed E-state index contributed by atoms with van der Waals surface area (Å²) in [7, 11) is 0. The number of hydrogen-bond donors (Lipinski definition) is 2. The molecule has 0 spiro atoms. The van der Waals surface area contributed by atoms with E-state index in [4.69, 9.17) is 22.4 Å². The van der Waals surface area contributed by atoms with Crippen molar-refractivity contribution in [2.24, 2.45) is 11.7 Å². The number of carboxylic acid groups (broad SMARTS) is 1. The van der Waals surface area contributed by atoms with Crippen LogP contribution in [0.25, 0.3) is 0 Å². The Balaban J connectivity index is 2.84. The SMILES string of the molecule is NCCC(Cc1cc(F)ccc1Cl)C(=O)O. The molecule has 0 saturated carbocycles. The summed E-state index contributed by atoms with van der Waals surface area (Å²) in [6.07, 6.45) is 0.547. The summed E-state index contributed by atoms with van der Waals surface area (Å²) in [5, 5.41) is 9.31. The Morgan fingerprint density at radius 3 is 2.81 bits per heavy atom. The Morgan fingerprint density at radius 1 is 1.56 bits per heavy atom. The van der Waals surface area contributed by atoms with E-state index in [9.17, 15) is 9.18 Å². The highest BCUT2D eigenvalue weighted by molar-refractivity contribution is 6.31. The van der Waals surface area contributed by atoms with Gasteiger partial charge in [0.25, 0.3) is 0 Å². The van der Waals surface area contributed by atoms with Crippen LogP contribution in [0.15, 0.2) is 18.2 Å². The first kappa shape index (κ1) is 12.9. The quantitative estimate of drug-likeness (QED) is 0.835. The third-order valence-electron chi connectivity index (χ3n) is 2.34. The highest BCUT2D eigenvalue weighted by atomic mass is 35.5. The summed E-state index contributed by atoms with van der Waals surface area (Å²) in [6.45, 7) is 0.282. The van der Waals surface area contributed by atoms with Crippen LogP contribution in [0.1, 0.15) is 12.0 Å². The van der Waals surface area contributed by atoms with Crippen LogP contribution in [0.3, 0.4) is 0 Å². The van der Waals surface area contributed by atoms with E-state index in [1.807, 2.05) is 0 Å². The molecule has 1 unspecified atom stereocenters. The van der Waals surface area contributed by atoms with Gasteiger partial charge in [0.15, 0.2) is 0 Å². The molecule has 1 aromatic carbocycles. The smallest absolute Gasteiger partial charge is 0.306 e. The van der Waals surface area contributed by atoms with Crippen molar-refractivity contribution in [3.8, 4) is 0 Å². The summed E-state index contributed by atoms with van der Waals surface area (Å²) in [5.41, 5.74) is 5.82. The van der Waals surface area contributed by atoms with Gasteiger partial charge in [-0.2, -0.15) is 0 Å². The van der Waals surface area contributed by atoms with Crippen LogP contribution < -0.4 is 5.73 Å². The van der Waals surface area contributed by atoms with Crippen molar-refractivity contribution in [2.75, 3.05) is 6.54 Å². The predicted molar refractivity (Wildman–Crippen MR) is 59.9 cm³/mol. The van der Waals surface area contributed by atoms with E-state index in [1.165, 1.54) is 18.2 Å². The summed E-state index contributed by atoms with van der Waals surface area (Å²) in [5.74, 6) is -1.98. The van der Waals surface area contributed by atoms with E-state index in [-0.39, 0.29) is 13.0 Å².